The fraction of sp³-hybridized carbons (Fsp3) is 0.385. The molecule has 0 N–H and O–H groups in total. The Balaban J connectivity index is 2.44. The summed E-state index contributed by atoms with van der Waals surface area (Å²) in [6.07, 6.45) is 4.32. The van der Waals surface area contributed by atoms with Gasteiger partial charge >= 0.3 is 0 Å². The quantitative estimate of drug-likeness (QED) is 0.558. The van der Waals surface area contributed by atoms with Gasteiger partial charge in [-0.25, -0.2) is 0 Å². The molecule has 0 amide bonds. The van der Waals surface area contributed by atoms with Crippen molar-refractivity contribution in [3.8, 4) is 11.8 Å². The molecule has 0 radical (unpaired) electrons. The average Bonchev–Trinajstić information content (AvgIpc) is 2.20. The van der Waals surface area contributed by atoms with Crippen LogP contribution < -0.4 is 0 Å². The summed E-state index contributed by atoms with van der Waals surface area (Å²) in [5.74, 6) is 6.39. The summed E-state index contributed by atoms with van der Waals surface area (Å²) in [6.45, 7) is 2.19. The van der Waals surface area contributed by atoms with Crippen LogP contribution in [-0.2, 0) is 6.42 Å². The number of halogens is 1. The number of hydrogen-bond donors (Lipinski definition) is 0. The van der Waals surface area contributed by atoms with E-state index in [0.29, 0.717) is 0 Å². The summed E-state index contributed by atoms with van der Waals surface area (Å²) in [4.78, 5) is 0. The predicted molar refractivity (Wildman–Crippen MR) is 65.1 cm³/mol. The average molecular weight is 251 g/mol. The summed E-state index contributed by atoms with van der Waals surface area (Å²) < 4.78 is 1.16. The van der Waals surface area contributed by atoms with Gasteiger partial charge in [-0.15, -0.1) is 5.92 Å². The van der Waals surface area contributed by atoms with Crippen LogP contribution in [0.1, 0.15) is 31.7 Å². The topological polar surface area (TPSA) is 0 Å². The predicted octanol–water partition coefficient (Wildman–Crippen LogP) is 4.19. The van der Waals surface area contributed by atoms with E-state index in [0.717, 1.165) is 17.3 Å². The van der Waals surface area contributed by atoms with E-state index >= 15 is 0 Å². The summed E-state index contributed by atoms with van der Waals surface area (Å²) in [6, 6.07) is 8.24. The van der Waals surface area contributed by atoms with E-state index in [1.54, 1.807) is 0 Å². The molecule has 0 aliphatic rings. The van der Waals surface area contributed by atoms with Crippen molar-refractivity contribution in [1.82, 2.24) is 0 Å². The molecule has 74 valence electrons. The lowest BCUT2D eigenvalue weighted by atomic mass is 10.1. The standard InChI is InChI=1S/C13H15Br/c1-2-3-4-5-6-9-12-10-7-8-11-13(12)14/h7-8,10-11H,2-4,9H2,1H3. The van der Waals surface area contributed by atoms with E-state index in [9.17, 15) is 0 Å². The SMILES string of the molecule is CCCCC#CCc1ccccc1Br. The highest BCUT2D eigenvalue weighted by atomic mass is 79.9. The third-order valence-electron chi connectivity index (χ3n) is 2.02. The third-order valence-corrected chi connectivity index (χ3v) is 2.79. The summed E-state index contributed by atoms with van der Waals surface area (Å²) in [5, 5.41) is 0. The summed E-state index contributed by atoms with van der Waals surface area (Å²) in [5.41, 5.74) is 1.27. The zero-order chi connectivity index (χ0) is 10.2. The Labute approximate surface area is 94.9 Å². The molecule has 0 aliphatic heterocycles. The highest BCUT2D eigenvalue weighted by Gasteiger charge is 1.93. The first-order valence-electron chi connectivity index (χ1n) is 5.03. The second-order valence-electron chi connectivity index (χ2n) is 3.23. The van der Waals surface area contributed by atoms with Crippen molar-refractivity contribution in [3.63, 3.8) is 0 Å². The monoisotopic (exact) mass is 250 g/mol. The van der Waals surface area contributed by atoms with Gasteiger partial charge in [-0.2, -0.15) is 0 Å². The van der Waals surface area contributed by atoms with Gasteiger partial charge in [0.05, 0.1) is 0 Å². The molecule has 0 aromatic heterocycles. The molecule has 1 rings (SSSR count). The molecule has 14 heavy (non-hydrogen) atoms. The van der Waals surface area contributed by atoms with Gasteiger partial charge in [-0.3, -0.25) is 0 Å². The molecule has 0 saturated carbocycles. The van der Waals surface area contributed by atoms with Crippen molar-refractivity contribution in [2.24, 2.45) is 0 Å². The first kappa shape index (κ1) is 11.3. The number of rotatable bonds is 3. The molecule has 0 unspecified atom stereocenters. The van der Waals surface area contributed by atoms with Crippen LogP contribution in [0.5, 0.6) is 0 Å². The maximum Gasteiger partial charge on any atom is 0.0351 e. The lowest BCUT2D eigenvalue weighted by molar-refractivity contribution is 0.827. The molecule has 1 aromatic rings. The van der Waals surface area contributed by atoms with Gasteiger partial charge in [0.25, 0.3) is 0 Å². The van der Waals surface area contributed by atoms with Gasteiger partial charge in [0.15, 0.2) is 0 Å². The maximum atomic E-state index is 3.51. The molecule has 0 saturated heterocycles. The molecule has 0 atom stereocenters. The van der Waals surface area contributed by atoms with Gasteiger partial charge in [0.1, 0.15) is 0 Å². The normalized spacial score (nSPS) is 9.29. The fourth-order valence-electron chi connectivity index (χ4n) is 1.15. The van der Waals surface area contributed by atoms with Crippen LogP contribution in [0.25, 0.3) is 0 Å². The van der Waals surface area contributed by atoms with Gasteiger partial charge < -0.3 is 0 Å². The lowest BCUT2D eigenvalue weighted by Gasteiger charge is -1.97. The summed E-state index contributed by atoms with van der Waals surface area (Å²) >= 11 is 3.51. The van der Waals surface area contributed by atoms with Crippen molar-refractivity contribution in [2.75, 3.05) is 0 Å². The van der Waals surface area contributed by atoms with E-state index < -0.39 is 0 Å². The number of hydrogen-bond acceptors (Lipinski definition) is 0. The Hall–Kier alpha value is -0.740. The summed E-state index contributed by atoms with van der Waals surface area (Å²) in [7, 11) is 0. The van der Waals surface area contributed by atoms with Crippen LogP contribution in [0.2, 0.25) is 0 Å². The molecule has 0 spiro atoms. The van der Waals surface area contributed by atoms with Gasteiger partial charge in [0, 0.05) is 17.3 Å². The van der Waals surface area contributed by atoms with E-state index in [-0.39, 0.29) is 0 Å². The van der Waals surface area contributed by atoms with E-state index in [2.05, 4.69) is 46.8 Å². The largest absolute Gasteiger partial charge is 0.103 e. The molecule has 1 aromatic carbocycles. The van der Waals surface area contributed by atoms with Crippen LogP contribution in [0.4, 0.5) is 0 Å². The number of benzene rings is 1. The zero-order valence-electron chi connectivity index (χ0n) is 8.52. The minimum atomic E-state index is 0.852. The number of unbranched alkanes of at least 4 members (excludes halogenated alkanes) is 2. The highest BCUT2D eigenvalue weighted by molar-refractivity contribution is 9.10. The molecule has 1 heteroatoms. The van der Waals surface area contributed by atoms with Crippen molar-refractivity contribution >= 4 is 15.9 Å². The molecular weight excluding hydrogens is 236 g/mol. The Kier molecular flexibility index (Phi) is 5.40. The van der Waals surface area contributed by atoms with Crippen LogP contribution in [0.3, 0.4) is 0 Å². The zero-order valence-corrected chi connectivity index (χ0v) is 10.1. The van der Waals surface area contributed by atoms with E-state index in [1.165, 1.54) is 18.4 Å². The van der Waals surface area contributed by atoms with E-state index in [1.807, 2.05) is 12.1 Å². The molecule has 0 bridgehead atoms. The Morgan fingerprint density at radius 3 is 2.71 bits per heavy atom. The second-order valence-corrected chi connectivity index (χ2v) is 4.08. The van der Waals surface area contributed by atoms with Crippen LogP contribution in [-0.4, -0.2) is 0 Å². The first-order chi connectivity index (χ1) is 6.84. The maximum absolute atomic E-state index is 3.51. The van der Waals surface area contributed by atoms with Crippen molar-refractivity contribution < 1.29 is 0 Å². The lowest BCUT2D eigenvalue weighted by Crippen LogP contribution is -1.82. The second kappa shape index (κ2) is 6.68. The molecule has 0 heterocycles. The minimum Gasteiger partial charge on any atom is -0.103 e. The Morgan fingerprint density at radius 2 is 2.00 bits per heavy atom. The molecule has 0 aliphatic carbocycles. The van der Waals surface area contributed by atoms with Crippen LogP contribution >= 0.6 is 15.9 Å². The van der Waals surface area contributed by atoms with Crippen molar-refractivity contribution in [1.29, 1.82) is 0 Å². The first-order valence-corrected chi connectivity index (χ1v) is 5.83. The highest BCUT2D eigenvalue weighted by Crippen LogP contribution is 2.15. The Morgan fingerprint density at radius 1 is 1.21 bits per heavy atom. The van der Waals surface area contributed by atoms with Crippen molar-refractivity contribution in [2.45, 2.75) is 32.6 Å². The van der Waals surface area contributed by atoms with Crippen LogP contribution in [0.15, 0.2) is 28.7 Å². The van der Waals surface area contributed by atoms with Gasteiger partial charge in [-0.1, -0.05) is 53.4 Å². The Bertz CT molecular complexity index is 331. The van der Waals surface area contributed by atoms with Crippen LogP contribution in [0, 0.1) is 11.8 Å². The smallest absolute Gasteiger partial charge is 0.0351 e. The van der Waals surface area contributed by atoms with E-state index in [4.69, 9.17) is 0 Å². The fourth-order valence-corrected chi connectivity index (χ4v) is 1.58. The molecule has 0 nitrogen and oxygen atoms in total. The minimum absolute atomic E-state index is 0.852. The molecular formula is C13H15Br. The van der Waals surface area contributed by atoms with Gasteiger partial charge in [-0.05, 0) is 18.1 Å². The molecule has 0 fully saturated rings. The third kappa shape index (κ3) is 3.98. The van der Waals surface area contributed by atoms with Gasteiger partial charge in [0.2, 0.25) is 0 Å². The van der Waals surface area contributed by atoms with Crippen molar-refractivity contribution in [3.05, 3.63) is 34.3 Å².